The summed E-state index contributed by atoms with van der Waals surface area (Å²) >= 11 is 0. The normalized spacial score (nSPS) is 14.0. The van der Waals surface area contributed by atoms with E-state index in [0.29, 0.717) is 5.95 Å². The number of nitrogens with one attached hydrogen (secondary N) is 1. The third kappa shape index (κ3) is 3.94. The lowest BCUT2D eigenvalue weighted by Crippen LogP contribution is -2.44. The van der Waals surface area contributed by atoms with Crippen LogP contribution >= 0.6 is 0 Å². The van der Waals surface area contributed by atoms with Crippen LogP contribution in [0.1, 0.15) is 12.5 Å². The van der Waals surface area contributed by atoms with E-state index in [9.17, 15) is 9.90 Å². The highest BCUT2D eigenvalue weighted by Gasteiger charge is 2.22. The number of carbonyl (C=O) groups is 1. The lowest BCUT2D eigenvalue weighted by molar-refractivity contribution is -0.142. The SMILES string of the molecule is C[C@@H](O)[C@@H](NCc1cnc(N(C)C)nc1)C(=O)O. The van der Waals surface area contributed by atoms with Gasteiger partial charge in [0.2, 0.25) is 5.95 Å². The van der Waals surface area contributed by atoms with E-state index in [2.05, 4.69) is 15.3 Å². The maximum Gasteiger partial charge on any atom is 0.323 e. The number of rotatable bonds is 6. The Bertz CT molecular complexity index is 392. The summed E-state index contributed by atoms with van der Waals surface area (Å²) in [5.74, 6) is -0.500. The molecule has 2 atom stereocenters. The minimum Gasteiger partial charge on any atom is -0.480 e. The van der Waals surface area contributed by atoms with Crippen molar-refractivity contribution in [2.24, 2.45) is 0 Å². The highest BCUT2D eigenvalue weighted by atomic mass is 16.4. The Morgan fingerprint density at radius 3 is 2.39 bits per heavy atom. The second kappa shape index (κ2) is 6.27. The second-order valence-corrected chi connectivity index (χ2v) is 4.22. The maximum atomic E-state index is 10.8. The van der Waals surface area contributed by atoms with E-state index in [4.69, 9.17) is 5.11 Å². The number of anilines is 1. The first-order valence-corrected chi connectivity index (χ1v) is 5.54. The molecule has 18 heavy (non-hydrogen) atoms. The molecule has 0 aromatic carbocycles. The number of aliphatic carboxylic acids is 1. The van der Waals surface area contributed by atoms with Crippen LogP contribution in [-0.2, 0) is 11.3 Å². The summed E-state index contributed by atoms with van der Waals surface area (Å²) in [6.45, 7) is 1.72. The molecule has 0 spiro atoms. The van der Waals surface area contributed by atoms with E-state index >= 15 is 0 Å². The third-order valence-electron chi connectivity index (χ3n) is 2.37. The Morgan fingerprint density at radius 1 is 1.44 bits per heavy atom. The molecule has 3 N–H and O–H groups in total. The molecule has 0 amide bonds. The average Bonchev–Trinajstić information content (AvgIpc) is 2.28. The maximum absolute atomic E-state index is 10.8. The van der Waals surface area contributed by atoms with Crippen molar-refractivity contribution in [1.82, 2.24) is 15.3 Å². The van der Waals surface area contributed by atoms with E-state index in [1.807, 2.05) is 14.1 Å². The summed E-state index contributed by atoms with van der Waals surface area (Å²) in [4.78, 5) is 20.8. The van der Waals surface area contributed by atoms with Gasteiger partial charge in [0.1, 0.15) is 6.04 Å². The Labute approximate surface area is 105 Å². The Kier molecular flexibility index (Phi) is 4.99. The molecule has 0 unspecified atom stereocenters. The van der Waals surface area contributed by atoms with Crippen LogP contribution in [0.2, 0.25) is 0 Å². The quantitative estimate of drug-likeness (QED) is 0.627. The van der Waals surface area contributed by atoms with Crippen LogP contribution < -0.4 is 10.2 Å². The predicted molar refractivity (Wildman–Crippen MR) is 66.3 cm³/mol. The largest absolute Gasteiger partial charge is 0.480 e. The lowest BCUT2D eigenvalue weighted by Gasteiger charge is -2.17. The van der Waals surface area contributed by atoms with Crippen LogP contribution in [0.3, 0.4) is 0 Å². The smallest absolute Gasteiger partial charge is 0.323 e. The molecule has 1 aromatic rings. The van der Waals surface area contributed by atoms with Crippen molar-refractivity contribution in [3.63, 3.8) is 0 Å². The van der Waals surface area contributed by atoms with Gasteiger partial charge < -0.3 is 15.1 Å². The van der Waals surface area contributed by atoms with E-state index in [1.165, 1.54) is 6.92 Å². The predicted octanol–water partition coefficient (Wildman–Crippen LogP) is -0.534. The lowest BCUT2D eigenvalue weighted by atomic mass is 10.2. The molecule has 0 radical (unpaired) electrons. The van der Waals surface area contributed by atoms with Gasteiger partial charge in [-0.2, -0.15) is 0 Å². The number of carboxylic acids is 1. The summed E-state index contributed by atoms with van der Waals surface area (Å²) in [5, 5.41) is 20.9. The molecular weight excluding hydrogens is 236 g/mol. The zero-order chi connectivity index (χ0) is 13.7. The topological polar surface area (TPSA) is 98.6 Å². The number of hydrogen-bond donors (Lipinski definition) is 3. The molecule has 7 nitrogen and oxygen atoms in total. The highest BCUT2D eigenvalue weighted by Crippen LogP contribution is 2.03. The number of hydrogen-bond acceptors (Lipinski definition) is 6. The number of nitrogens with zero attached hydrogens (tertiary/aromatic N) is 3. The molecule has 1 aromatic heterocycles. The van der Waals surface area contributed by atoms with Gasteiger partial charge in [-0.15, -0.1) is 0 Å². The Balaban J connectivity index is 2.60. The fourth-order valence-corrected chi connectivity index (χ4v) is 1.36. The molecule has 100 valence electrons. The summed E-state index contributed by atoms with van der Waals surface area (Å²) in [7, 11) is 3.67. The molecule has 1 rings (SSSR count). The molecule has 0 aliphatic rings. The van der Waals surface area contributed by atoms with E-state index in [0.717, 1.165) is 5.56 Å². The zero-order valence-electron chi connectivity index (χ0n) is 10.7. The van der Waals surface area contributed by atoms with Crippen molar-refractivity contribution in [2.45, 2.75) is 25.6 Å². The minimum absolute atomic E-state index is 0.287. The van der Waals surface area contributed by atoms with Crippen LogP contribution in [0.5, 0.6) is 0 Å². The summed E-state index contributed by atoms with van der Waals surface area (Å²) < 4.78 is 0. The fraction of sp³-hybridized carbons (Fsp3) is 0.545. The number of aromatic nitrogens is 2. The van der Waals surface area contributed by atoms with Crippen LogP contribution in [0, 0.1) is 0 Å². The Morgan fingerprint density at radius 2 is 2.00 bits per heavy atom. The van der Waals surface area contributed by atoms with Gasteiger partial charge in [0.05, 0.1) is 6.10 Å². The van der Waals surface area contributed by atoms with Crippen molar-refractivity contribution in [1.29, 1.82) is 0 Å². The molecule has 0 aliphatic carbocycles. The summed E-state index contributed by atoms with van der Waals surface area (Å²) in [6.07, 6.45) is 2.27. The van der Waals surface area contributed by atoms with Crippen LogP contribution in [-0.4, -0.2) is 52.4 Å². The average molecular weight is 254 g/mol. The third-order valence-corrected chi connectivity index (χ3v) is 2.37. The van der Waals surface area contributed by atoms with Gasteiger partial charge in [-0.05, 0) is 6.92 Å². The molecule has 0 saturated carbocycles. The Hall–Kier alpha value is -1.73. The first-order chi connectivity index (χ1) is 8.41. The van der Waals surface area contributed by atoms with Crippen LogP contribution in [0.15, 0.2) is 12.4 Å². The molecule has 0 saturated heterocycles. The van der Waals surface area contributed by atoms with Crippen molar-refractivity contribution in [3.8, 4) is 0 Å². The van der Waals surface area contributed by atoms with E-state index in [-0.39, 0.29) is 6.54 Å². The number of aliphatic hydroxyl groups is 1. The van der Waals surface area contributed by atoms with Gasteiger partial charge in [0.25, 0.3) is 0 Å². The fourth-order valence-electron chi connectivity index (χ4n) is 1.36. The standard InChI is InChI=1S/C11H18N4O3/c1-7(16)9(10(17)18)12-4-8-5-13-11(14-6-8)15(2)3/h5-7,9,12,16H,4H2,1-3H3,(H,17,18)/t7-,9-/m1/s1. The molecule has 0 aliphatic heterocycles. The summed E-state index contributed by atoms with van der Waals surface area (Å²) in [5.41, 5.74) is 0.757. The first kappa shape index (κ1) is 14.3. The first-order valence-electron chi connectivity index (χ1n) is 5.54. The van der Waals surface area contributed by atoms with Crippen molar-refractivity contribution in [2.75, 3.05) is 19.0 Å². The molecule has 0 fully saturated rings. The van der Waals surface area contributed by atoms with Crippen LogP contribution in [0.4, 0.5) is 5.95 Å². The number of aliphatic hydroxyl groups excluding tert-OH is 1. The molecule has 7 heteroatoms. The van der Waals surface area contributed by atoms with Gasteiger partial charge in [-0.1, -0.05) is 0 Å². The van der Waals surface area contributed by atoms with Gasteiger partial charge >= 0.3 is 5.97 Å². The van der Waals surface area contributed by atoms with Crippen molar-refractivity contribution >= 4 is 11.9 Å². The van der Waals surface area contributed by atoms with Crippen molar-refractivity contribution < 1.29 is 15.0 Å². The number of carboxylic acid groups (broad SMARTS) is 1. The second-order valence-electron chi connectivity index (χ2n) is 4.22. The summed E-state index contributed by atoms with van der Waals surface area (Å²) in [6, 6.07) is -1.00. The molecule has 1 heterocycles. The van der Waals surface area contributed by atoms with Crippen molar-refractivity contribution in [3.05, 3.63) is 18.0 Å². The van der Waals surface area contributed by atoms with Gasteiger partial charge in [0.15, 0.2) is 0 Å². The van der Waals surface area contributed by atoms with E-state index in [1.54, 1.807) is 17.3 Å². The highest BCUT2D eigenvalue weighted by molar-refractivity contribution is 5.74. The minimum atomic E-state index is -1.09. The zero-order valence-corrected chi connectivity index (χ0v) is 10.7. The molecular formula is C11H18N4O3. The van der Waals surface area contributed by atoms with Gasteiger partial charge in [-0.3, -0.25) is 10.1 Å². The van der Waals surface area contributed by atoms with E-state index < -0.39 is 18.1 Å². The van der Waals surface area contributed by atoms with Gasteiger partial charge in [-0.25, -0.2) is 9.97 Å². The monoisotopic (exact) mass is 254 g/mol. The molecule has 0 bridgehead atoms. The van der Waals surface area contributed by atoms with Crippen LogP contribution in [0.25, 0.3) is 0 Å². The van der Waals surface area contributed by atoms with Gasteiger partial charge in [0, 0.05) is 38.6 Å².